The van der Waals surface area contributed by atoms with E-state index in [9.17, 15) is 0 Å². The first-order valence-electron chi connectivity index (χ1n) is 6.65. The fourth-order valence-corrected chi connectivity index (χ4v) is 3.45. The Balaban J connectivity index is 1.97. The summed E-state index contributed by atoms with van der Waals surface area (Å²) in [6.45, 7) is 1.54. The highest BCUT2D eigenvalue weighted by atomic mass is 35.5. The molecule has 3 nitrogen and oxygen atoms in total. The van der Waals surface area contributed by atoms with E-state index in [2.05, 4.69) is 40.0 Å². The summed E-state index contributed by atoms with van der Waals surface area (Å²) >= 11 is 7.43. The number of aryl methyl sites for hydroxylation is 1. The molecule has 1 aromatic carbocycles. The standard InChI is InChI=1S/C15H16ClN3S/c16-15-18-8-12(20-15)10-19-9-11(4-3-7-17)13-5-1-2-6-14(13)19/h1-2,5-6,8-9H,3-4,7,10,17H2. The fraction of sp³-hybridized carbons (Fsp3) is 0.267. The zero-order valence-electron chi connectivity index (χ0n) is 11.1. The maximum atomic E-state index is 5.90. The van der Waals surface area contributed by atoms with Crippen molar-refractivity contribution in [2.24, 2.45) is 5.73 Å². The van der Waals surface area contributed by atoms with Crippen LogP contribution in [0.1, 0.15) is 16.9 Å². The van der Waals surface area contributed by atoms with Crippen LogP contribution in [-0.2, 0) is 13.0 Å². The Labute approximate surface area is 127 Å². The van der Waals surface area contributed by atoms with Crippen LogP contribution >= 0.6 is 22.9 Å². The monoisotopic (exact) mass is 305 g/mol. The van der Waals surface area contributed by atoms with Crippen molar-refractivity contribution < 1.29 is 0 Å². The van der Waals surface area contributed by atoms with Crippen LogP contribution in [0.15, 0.2) is 36.7 Å². The number of rotatable bonds is 5. The SMILES string of the molecule is NCCCc1cn(Cc2cnc(Cl)s2)c2ccccc12. The minimum Gasteiger partial charge on any atom is -0.342 e. The lowest BCUT2D eigenvalue weighted by Crippen LogP contribution is -2.00. The zero-order valence-corrected chi connectivity index (χ0v) is 12.6. The van der Waals surface area contributed by atoms with Gasteiger partial charge in [-0.3, -0.25) is 0 Å². The Morgan fingerprint density at radius 2 is 2.15 bits per heavy atom. The molecule has 20 heavy (non-hydrogen) atoms. The van der Waals surface area contributed by atoms with Crippen LogP contribution in [0.4, 0.5) is 0 Å². The predicted molar refractivity (Wildman–Crippen MR) is 85.5 cm³/mol. The third kappa shape index (κ3) is 2.73. The van der Waals surface area contributed by atoms with Crippen molar-refractivity contribution in [3.8, 4) is 0 Å². The van der Waals surface area contributed by atoms with Crippen LogP contribution in [0.25, 0.3) is 10.9 Å². The maximum absolute atomic E-state index is 5.90. The molecule has 0 saturated carbocycles. The Bertz CT molecular complexity index is 717. The number of hydrogen-bond donors (Lipinski definition) is 1. The molecule has 104 valence electrons. The quantitative estimate of drug-likeness (QED) is 0.781. The second kappa shape index (κ2) is 5.95. The molecule has 0 atom stereocenters. The molecule has 0 radical (unpaired) electrons. The summed E-state index contributed by atoms with van der Waals surface area (Å²) in [5.74, 6) is 0. The van der Waals surface area contributed by atoms with Crippen molar-refractivity contribution in [3.05, 3.63) is 51.6 Å². The van der Waals surface area contributed by atoms with Crippen molar-refractivity contribution in [3.63, 3.8) is 0 Å². The van der Waals surface area contributed by atoms with Crippen LogP contribution < -0.4 is 5.73 Å². The summed E-state index contributed by atoms with van der Waals surface area (Å²) in [4.78, 5) is 5.27. The van der Waals surface area contributed by atoms with E-state index in [0.717, 1.165) is 25.9 Å². The van der Waals surface area contributed by atoms with Gasteiger partial charge in [-0.1, -0.05) is 29.8 Å². The van der Waals surface area contributed by atoms with E-state index in [1.165, 1.54) is 32.7 Å². The molecule has 0 unspecified atom stereocenters. The Kier molecular flexibility index (Phi) is 4.05. The lowest BCUT2D eigenvalue weighted by molar-refractivity contribution is 0.811. The molecule has 3 aromatic rings. The third-order valence-electron chi connectivity index (χ3n) is 3.37. The molecule has 0 saturated heterocycles. The molecule has 5 heteroatoms. The molecule has 2 N–H and O–H groups in total. The summed E-state index contributed by atoms with van der Waals surface area (Å²) in [5, 5.41) is 1.32. The van der Waals surface area contributed by atoms with Gasteiger partial charge < -0.3 is 10.3 Å². The van der Waals surface area contributed by atoms with Gasteiger partial charge in [-0.2, -0.15) is 0 Å². The van der Waals surface area contributed by atoms with Crippen LogP contribution in [0, 0.1) is 0 Å². The number of fused-ring (bicyclic) bond motifs is 1. The number of benzene rings is 1. The largest absolute Gasteiger partial charge is 0.342 e. The highest BCUT2D eigenvalue weighted by Crippen LogP contribution is 2.25. The predicted octanol–water partition coefficient (Wildman–Crippen LogP) is 3.69. The molecule has 2 aromatic heterocycles. The van der Waals surface area contributed by atoms with Gasteiger partial charge in [0.2, 0.25) is 0 Å². The summed E-state index contributed by atoms with van der Waals surface area (Å²) in [6.07, 6.45) is 6.11. The molecule has 0 bridgehead atoms. The van der Waals surface area contributed by atoms with Crippen LogP contribution in [0.5, 0.6) is 0 Å². The van der Waals surface area contributed by atoms with Gasteiger partial charge in [0.15, 0.2) is 4.47 Å². The first-order chi connectivity index (χ1) is 9.78. The van der Waals surface area contributed by atoms with Gasteiger partial charge in [0.05, 0.1) is 6.54 Å². The minimum absolute atomic E-state index is 0.597. The lowest BCUT2D eigenvalue weighted by Gasteiger charge is -2.02. The van der Waals surface area contributed by atoms with Crippen molar-refractivity contribution in [2.45, 2.75) is 19.4 Å². The topological polar surface area (TPSA) is 43.8 Å². The lowest BCUT2D eigenvalue weighted by atomic mass is 10.1. The van der Waals surface area contributed by atoms with E-state index < -0.39 is 0 Å². The first kappa shape index (κ1) is 13.6. The number of para-hydroxylation sites is 1. The molecule has 0 aliphatic rings. The van der Waals surface area contributed by atoms with Crippen molar-refractivity contribution >= 4 is 33.8 Å². The molecule has 0 aliphatic carbocycles. The molecule has 0 spiro atoms. The minimum atomic E-state index is 0.597. The highest BCUT2D eigenvalue weighted by molar-refractivity contribution is 7.15. The summed E-state index contributed by atoms with van der Waals surface area (Å²) in [5.41, 5.74) is 8.24. The normalized spacial score (nSPS) is 11.3. The fourth-order valence-electron chi connectivity index (χ4n) is 2.47. The molecular weight excluding hydrogens is 290 g/mol. The van der Waals surface area contributed by atoms with Gasteiger partial charge in [0.1, 0.15) is 0 Å². The van der Waals surface area contributed by atoms with E-state index in [4.69, 9.17) is 17.3 Å². The number of halogens is 1. The Morgan fingerprint density at radius 1 is 1.30 bits per heavy atom. The molecule has 0 fully saturated rings. The summed E-state index contributed by atoms with van der Waals surface area (Å²) in [6, 6.07) is 8.49. The maximum Gasteiger partial charge on any atom is 0.183 e. The van der Waals surface area contributed by atoms with Gasteiger partial charge in [-0.25, -0.2) is 4.98 Å². The average molecular weight is 306 g/mol. The van der Waals surface area contributed by atoms with E-state index in [0.29, 0.717) is 4.47 Å². The molecule has 0 aliphatic heterocycles. The first-order valence-corrected chi connectivity index (χ1v) is 7.84. The van der Waals surface area contributed by atoms with Crippen LogP contribution in [0.2, 0.25) is 4.47 Å². The van der Waals surface area contributed by atoms with Gasteiger partial charge in [-0.05, 0) is 31.0 Å². The second-order valence-corrected chi connectivity index (χ2v) is 6.47. The van der Waals surface area contributed by atoms with Gasteiger partial charge >= 0.3 is 0 Å². The average Bonchev–Trinajstić information content (AvgIpc) is 3.02. The van der Waals surface area contributed by atoms with Crippen molar-refractivity contribution in [1.82, 2.24) is 9.55 Å². The van der Waals surface area contributed by atoms with Gasteiger partial charge in [0, 0.05) is 28.2 Å². The van der Waals surface area contributed by atoms with E-state index >= 15 is 0 Å². The number of aromatic nitrogens is 2. The van der Waals surface area contributed by atoms with E-state index in [1.54, 1.807) is 0 Å². The van der Waals surface area contributed by atoms with Crippen LogP contribution in [0.3, 0.4) is 0 Å². The number of nitrogens with zero attached hydrogens (tertiary/aromatic N) is 2. The molecule has 2 heterocycles. The molecular formula is C15H16ClN3S. The Hall–Kier alpha value is -1.36. The molecule has 0 amide bonds. The van der Waals surface area contributed by atoms with Crippen LogP contribution in [-0.4, -0.2) is 16.1 Å². The van der Waals surface area contributed by atoms with E-state index in [-0.39, 0.29) is 0 Å². The third-order valence-corrected chi connectivity index (χ3v) is 4.47. The summed E-state index contributed by atoms with van der Waals surface area (Å²) < 4.78 is 2.87. The Morgan fingerprint density at radius 3 is 2.90 bits per heavy atom. The molecule has 3 rings (SSSR count). The van der Waals surface area contributed by atoms with Crippen molar-refractivity contribution in [1.29, 1.82) is 0 Å². The van der Waals surface area contributed by atoms with Gasteiger partial charge in [-0.15, -0.1) is 11.3 Å². The number of hydrogen-bond acceptors (Lipinski definition) is 3. The summed E-state index contributed by atoms with van der Waals surface area (Å²) in [7, 11) is 0. The number of thiazole rings is 1. The smallest absolute Gasteiger partial charge is 0.183 e. The number of nitrogens with two attached hydrogens (primary N) is 1. The second-order valence-electron chi connectivity index (χ2n) is 4.77. The highest BCUT2D eigenvalue weighted by Gasteiger charge is 2.09. The van der Waals surface area contributed by atoms with E-state index in [1.807, 2.05) is 6.20 Å². The zero-order chi connectivity index (χ0) is 13.9. The van der Waals surface area contributed by atoms with Gasteiger partial charge in [0.25, 0.3) is 0 Å². The van der Waals surface area contributed by atoms with Crippen molar-refractivity contribution in [2.75, 3.05) is 6.54 Å².